The van der Waals surface area contributed by atoms with Gasteiger partial charge in [-0.2, -0.15) is 0 Å². The van der Waals surface area contributed by atoms with Crippen LogP contribution in [-0.4, -0.2) is 45.4 Å². The molecule has 1 atom stereocenters. The van der Waals surface area contributed by atoms with Gasteiger partial charge in [0, 0.05) is 48.9 Å². The fraction of sp³-hybridized carbons (Fsp3) is 0.250. The van der Waals surface area contributed by atoms with E-state index in [4.69, 9.17) is 4.74 Å². The smallest absolute Gasteiger partial charge is 0.328 e. The van der Waals surface area contributed by atoms with Gasteiger partial charge in [-0.25, -0.2) is 4.79 Å². The maximum Gasteiger partial charge on any atom is 0.328 e. The highest BCUT2D eigenvalue weighted by Gasteiger charge is 2.59. The highest BCUT2D eigenvalue weighted by Crippen LogP contribution is 2.47. The highest BCUT2D eigenvalue weighted by atomic mass is 16.5. The zero-order valence-corrected chi connectivity index (χ0v) is 17.7. The van der Waals surface area contributed by atoms with E-state index >= 15 is 0 Å². The Hall–Kier alpha value is -3.94. The van der Waals surface area contributed by atoms with Crippen molar-refractivity contribution in [2.75, 3.05) is 19.0 Å². The molecular weight excluding hydrogens is 406 g/mol. The Kier molecular flexibility index (Phi) is 4.97. The third-order valence-corrected chi connectivity index (χ3v) is 6.11. The lowest BCUT2D eigenvalue weighted by Gasteiger charge is -2.40. The van der Waals surface area contributed by atoms with Crippen molar-refractivity contribution >= 4 is 17.6 Å². The van der Waals surface area contributed by atoms with Gasteiger partial charge in [-0.05, 0) is 29.8 Å². The van der Waals surface area contributed by atoms with Gasteiger partial charge in [0.1, 0.15) is 5.75 Å². The standard InChI is InChI=1S/C24H23N5O3/c1-32-19-7-8-20-21(13-19)27-12-9-24(20)22(30)28(16-18-6-2-3-11-26-18)23(31)29(24)15-17-5-4-10-25-14-17/h2-8,10-11,13-14,27H,9,12,15-16H2,1H3. The number of fused-ring (bicyclic) bond motifs is 2. The number of hydrogen-bond acceptors (Lipinski definition) is 6. The number of anilines is 1. The molecule has 4 heterocycles. The van der Waals surface area contributed by atoms with Gasteiger partial charge in [-0.15, -0.1) is 0 Å². The van der Waals surface area contributed by atoms with Crippen molar-refractivity contribution in [2.45, 2.75) is 25.0 Å². The quantitative estimate of drug-likeness (QED) is 0.627. The number of hydrogen-bond donors (Lipinski definition) is 1. The number of nitrogens with one attached hydrogen (secondary N) is 1. The average Bonchev–Trinajstić information content (AvgIpc) is 3.02. The summed E-state index contributed by atoms with van der Waals surface area (Å²) in [6.07, 6.45) is 5.55. The summed E-state index contributed by atoms with van der Waals surface area (Å²) in [6.45, 7) is 0.964. The molecule has 1 spiro atoms. The lowest BCUT2D eigenvalue weighted by atomic mass is 9.81. The van der Waals surface area contributed by atoms with Crippen LogP contribution in [0.15, 0.2) is 67.1 Å². The largest absolute Gasteiger partial charge is 0.497 e. The predicted molar refractivity (Wildman–Crippen MR) is 118 cm³/mol. The van der Waals surface area contributed by atoms with Crippen LogP contribution in [-0.2, 0) is 23.4 Å². The third-order valence-electron chi connectivity index (χ3n) is 6.11. The van der Waals surface area contributed by atoms with Gasteiger partial charge in [0.05, 0.1) is 25.9 Å². The number of carbonyl (C=O) groups excluding carboxylic acids is 2. The van der Waals surface area contributed by atoms with E-state index in [0.29, 0.717) is 24.4 Å². The van der Waals surface area contributed by atoms with E-state index < -0.39 is 5.54 Å². The Balaban J connectivity index is 1.61. The van der Waals surface area contributed by atoms with Crippen LogP contribution >= 0.6 is 0 Å². The molecule has 0 radical (unpaired) electrons. The normalized spacial score (nSPS) is 19.8. The number of imide groups is 1. The summed E-state index contributed by atoms with van der Waals surface area (Å²) >= 11 is 0. The van der Waals surface area contributed by atoms with Gasteiger partial charge in [0.2, 0.25) is 0 Å². The molecule has 1 saturated heterocycles. The van der Waals surface area contributed by atoms with Crippen LogP contribution < -0.4 is 10.1 Å². The number of amides is 3. The van der Waals surface area contributed by atoms with E-state index in [1.54, 1.807) is 30.6 Å². The lowest BCUT2D eigenvalue weighted by molar-refractivity contribution is -0.134. The van der Waals surface area contributed by atoms with Gasteiger partial charge in [0.15, 0.2) is 5.54 Å². The molecular formula is C24H23N5O3. The summed E-state index contributed by atoms with van der Waals surface area (Å²) in [4.78, 5) is 39.1. The summed E-state index contributed by atoms with van der Waals surface area (Å²) in [5, 5.41) is 3.36. The molecule has 1 aromatic carbocycles. The van der Waals surface area contributed by atoms with Crippen molar-refractivity contribution in [1.82, 2.24) is 19.8 Å². The molecule has 2 aromatic heterocycles. The van der Waals surface area contributed by atoms with Crippen molar-refractivity contribution in [3.8, 4) is 5.75 Å². The summed E-state index contributed by atoms with van der Waals surface area (Å²) in [6, 6.07) is 14.5. The maximum absolute atomic E-state index is 14.0. The topological polar surface area (TPSA) is 87.7 Å². The predicted octanol–water partition coefficient (Wildman–Crippen LogP) is 3.16. The van der Waals surface area contributed by atoms with Crippen LogP contribution in [0.1, 0.15) is 23.2 Å². The number of aromatic nitrogens is 2. The van der Waals surface area contributed by atoms with Gasteiger partial charge in [0.25, 0.3) is 5.91 Å². The zero-order valence-electron chi connectivity index (χ0n) is 17.7. The summed E-state index contributed by atoms with van der Waals surface area (Å²) in [7, 11) is 1.61. The molecule has 0 aliphatic carbocycles. The molecule has 0 saturated carbocycles. The highest BCUT2D eigenvalue weighted by molar-refractivity contribution is 6.08. The van der Waals surface area contributed by atoms with E-state index in [0.717, 1.165) is 16.8 Å². The van der Waals surface area contributed by atoms with Crippen molar-refractivity contribution in [2.24, 2.45) is 0 Å². The van der Waals surface area contributed by atoms with Crippen molar-refractivity contribution < 1.29 is 14.3 Å². The first-order chi connectivity index (χ1) is 15.6. The van der Waals surface area contributed by atoms with Crippen LogP contribution in [0.5, 0.6) is 5.75 Å². The van der Waals surface area contributed by atoms with Gasteiger partial charge >= 0.3 is 6.03 Å². The molecule has 3 amide bonds. The van der Waals surface area contributed by atoms with Gasteiger partial charge in [-0.1, -0.05) is 18.2 Å². The molecule has 1 unspecified atom stereocenters. The molecule has 2 aliphatic rings. The lowest BCUT2D eigenvalue weighted by Crippen LogP contribution is -2.50. The first-order valence-electron chi connectivity index (χ1n) is 10.5. The van der Waals surface area contributed by atoms with Gasteiger partial charge in [-0.3, -0.25) is 19.7 Å². The number of urea groups is 1. The van der Waals surface area contributed by atoms with E-state index in [2.05, 4.69) is 15.3 Å². The minimum Gasteiger partial charge on any atom is -0.497 e. The second-order valence-electron chi connectivity index (χ2n) is 7.89. The molecule has 1 fully saturated rings. The molecule has 8 heteroatoms. The SMILES string of the molecule is COc1ccc2c(c1)NCCC21C(=O)N(Cc2ccccn2)C(=O)N1Cc1cccnc1. The molecule has 8 nitrogen and oxygen atoms in total. The Morgan fingerprint density at radius 3 is 2.75 bits per heavy atom. The molecule has 1 N–H and O–H groups in total. The number of carbonyl (C=O) groups is 2. The second kappa shape index (κ2) is 7.96. The number of rotatable bonds is 5. The van der Waals surface area contributed by atoms with Crippen LogP contribution in [0.25, 0.3) is 0 Å². The van der Waals surface area contributed by atoms with Crippen molar-refractivity contribution in [3.05, 3.63) is 83.9 Å². The van der Waals surface area contributed by atoms with E-state index in [1.807, 2.05) is 48.5 Å². The molecule has 162 valence electrons. The first kappa shape index (κ1) is 20.0. The Morgan fingerprint density at radius 2 is 2.00 bits per heavy atom. The van der Waals surface area contributed by atoms with E-state index in [9.17, 15) is 9.59 Å². The van der Waals surface area contributed by atoms with Crippen LogP contribution in [0.3, 0.4) is 0 Å². The van der Waals surface area contributed by atoms with Gasteiger partial charge < -0.3 is 15.0 Å². The molecule has 32 heavy (non-hydrogen) atoms. The summed E-state index contributed by atoms with van der Waals surface area (Å²) < 4.78 is 5.37. The van der Waals surface area contributed by atoms with Crippen LogP contribution in [0, 0.1) is 0 Å². The number of benzene rings is 1. The Bertz CT molecular complexity index is 1150. The number of pyridine rings is 2. The molecule has 0 bridgehead atoms. The fourth-order valence-corrected chi connectivity index (χ4v) is 4.58. The first-order valence-corrected chi connectivity index (χ1v) is 10.5. The molecule has 3 aromatic rings. The number of nitrogens with zero attached hydrogens (tertiary/aromatic N) is 4. The molecule has 2 aliphatic heterocycles. The fourth-order valence-electron chi connectivity index (χ4n) is 4.58. The van der Waals surface area contributed by atoms with Crippen LogP contribution in [0.4, 0.5) is 10.5 Å². The van der Waals surface area contributed by atoms with E-state index in [-0.39, 0.29) is 25.0 Å². The van der Waals surface area contributed by atoms with Crippen molar-refractivity contribution in [3.63, 3.8) is 0 Å². The minimum atomic E-state index is -1.10. The second-order valence-corrected chi connectivity index (χ2v) is 7.89. The third kappa shape index (κ3) is 3.15. The molecule has 5 rings (SSSR count). The Labute approximate surface area is 185 Å². The summed E-state index contributed by atoms with van der Waals surface area (Å²) in [5.41, 5.74) is 2.00. The number of ether oxygens (including phenoxy) is 1. The zero-order chi connectivity index (χ0) is 22.1. The van der Waals surface area contributed by atoms with Crippen molar-refractivity contribution in [1.29, 1.82) is 0 Å². The maximum atomic E-state index is 14.0. The number of methoxy groups -OCH3 is 1. The summed E-state index contributed by atoms with van der Waals surface area (Å²) in [5.74, 6) is 0.458. The van der Waals surface area contributed by atoms with E-state index in [1.165, 1.54) is 4.90 Å². The Morgan fingerprint density at radius 1 is 1.09 bits per heavy atom. The van der Waals surface area contributed by atoms with Crippen LogP contribution in [0.2, 0.25) is 0 Å². The minimum absolute atomic E-state index is 0.128. The monoisotopic (exact) mass is 429 g/mol. The average molecular weight is 429 g/mol.